The van der Waals surface area contributed by atoms with Crippen LogP contribution in [0.25, 0.3) is 11.2 Å². The van der Waals surface area contributed by atoms with Gasteiger partial charge in [0.15, 0.2) is 5.65 Å². The number of carbonyl (C=O) groups is 2. The fraction of sp³-hybridized carbons (Fsp3) is 0.471. The van der Waals surface area contributed by atoms with Crippen LogP contribution in [0.3, 0.4) is 0 Å². The van der Waals surface area contributed by atoms with E-state index in [1.807, 2.05) is 19.1 Å². The van der Waals surface area contributed by atoms with Gasteiger partial charge in [-0.2, -0.15) is 0 Å². The van der Waals surface area contributed by atoms with Crippen molar-refractivity contribution >= 4 is 28.8 Å². The van der Waals surface area contributed by atoms with Gasteiger partial charge in [-0.1, -0.05) is 0 Å². The second-order valence-electron chi connectivity index (χ2n) is 5.98. The second-order valence-corrected chi connectivity index (χ2v) is 5.98. The first-order valence-corrected chi connectivity index (χ1v) is 8.54. The zero-order chi connectivity index (χ0) is 17.6. The van der Waals surface area contributed by atoms with E-state index >= 15 is 0 Å². The summed E-state index contributed by atoms with van der Waals surface area (Å²) in [7, 11) is 0. The molecular weight excluding hydrogens is 320 g/mol. The normalized spacial score (nSPS) is 17.2. The Bertz CT molecular complexity index is 766. The van der Waals surface area contributed by atoms with Crippen LogP contribution in [0.2, 0.25) is 0 Å². The average Bonchev–Trinajstić information content (AvgIpc) is 2.64. The number of piperidine rings is 1. The second kappa shape index (κ2) is 7.87. The summed E-state index contributed by atoms with van der Waals surface area (Å²) in [5.74, 6) is 0.507. The van der Waals surface area contributed by atoms with Crippen LogP contribution in [0, 0.1) is 5.92 Å². The molecule has 1 saturated heterocycles. The SMILES string of the molecule is CCN(CCNc1ccc2nccnc2n1)C(=O)C1CCNC(=O)C1. The average molecular weight is 342 g/mol. The Balaban J connectivity index is 1.55. The lowest BCUT2D eigenvalue weighted by Gasteiger charge is -2.28. The molecule has 0 aliphatic carbocycles. The van der Waals surface area contributed by atoms with Crippen molar-refractivity contribution in [3.05, 3.63) is 24.5 Å². The lowest BCUT2D eigenvalue weighted by Crippen LogP contribution is -2.44. The van der Waals surface area contributed by atoms with Gasteiger partial charge in [-0.25, -0.2) is 9.97 Å². The zero-order valence-corrected chi connectivity index (χ0v) is 14.2. The van der Waals surface area contributed by atoms with Gasteiger partial charge in [-0.15, -0.1) is 0 Å². The lowest BCUT2D eigenvalue weighted by molar-refractivity contribution is -0.139. The van der Waals surface area contributed by atoms with E-state index < -0.39 is 0 Å². The summed E-state index contributed by atoms with van der Waals surface area (Å²) in [6, 6.07) is 3.71. The summed E-state index contributed by atoms with van der Waals surface area (Å²) in [5.41, 5.74) is 1.33. The number of anilines is 1. The number of hydrogen-bond acceptors (Lipinski definition) is 6. The highest BCUT2D eigenvalue weighted by molar-refractivity contribution is 5.87. The van der Waals surface area contributed by atoms with Gasteiger partial charge in [0.05, 0.1) is 0 Å². The molecular formula is C17H22N6O2. The van der Waals surface area contributed by atoms with Crippen LogP contribution in [-0.2, 0) is 9.59 Å². The summed E-state index contributed by atoms with van der Waals surface area (Å²) < 4.78 is 0. The van der Waals surface area contributed by atoms with Crippen molar-refractivity contribution in [3.8, 4) is 0 Å². The van der Waals surface area contributed by atoms with Crippen LogP contribution in [0.15, 0.2) is 24.5 Å². The summed E-state index contributed by atoms with van der Waals surface area (Å²) in [6.45, 7) is 4.29. The third-order valence-electron chi connectivity index (χ3n) is 4.31. The molecule has 0 spiro atoms. The highest BCUT2D eigenvalue weighted by Crippen LogP contribution is 2.16. The summed E-state index contributed by atoms with van der Waals surface area (Å²) in [6.07, 6.45) is 4.23. The first-order chi connectivity index (χ1) is 12.2. The molecule has 1 atom stereocenters. The molecule has 1 aliphatic heterocycles. The van der Waals surface area contributed by atoms with Gasteiger partial charge < -0.3 is 15.5 Å². The molecule has 2 N–H and O–H groups in total. The van der Waals surface area contributed by atoms with Gasteiger partial charge in [0.2, 0.25) is 11.8 Å². The van der Waals surface area contributed by atoms with E-state index in [-0.39, 0.29) is 24.2 Å². The minimum absolute atomic E-state index is 0.0414. The Morgan fingerprint density at radius 1 is 1.36 bits per heavy atom. The van der Waals surface area contributed by atoms with Gasteiger partial charge in [0, 0.05) is 50.9 Å². The largest absolute Gasteiger partial charge is 0.368 e. The zero-order valence-electron chi connectivity index (χ0n) is 14.2. The van der Waals surface area contributed by atoms with E-state index in [1.54, 1.807) is 17.3 Å². The number of likely N-dealkylation sites (N-methyl/N-ethyl adjacent to an activating group) is 1. The first kappa shape index (κ1) is 17.1. The molecule has 1 unspecified atom stereocenters. The first-order valence-electron chi connectivity index (χ1n) is 8.54. The minimum Gasteiger partial charge on any atom is -0.368 e. The fourth-order valence-electron chi connectivity index (χ4n) is 2.95. The molecule has 1 fully saturated rings. The highest BCUT2D eigenvalue weighted by atomic mass is 16.2. The summed E-state index contributed by atoms with van der Waals surface area (Å²) in [4.78, 5) is 38.6. The van der Waals surface area contributed by atoms with Crippen molar-refractivity contribution in [3.63, 3.8) is 0 Å². The quantitative estimate of drug-likeness (QED) is 0.806. The van der Waals surface area contributed by atoms with E-state index in [1.165, 1.54) is 0 Å². The van der Waals surface area contributed by atoms with Crippen molar-refractivity contribution in [1.29, 1.82) is 0 Å². The topological polar surface area (TPSA) is 100 Å². The number of pyridine rings is 1. The van der Waals surface area contributed by atoms with E-state index in [2.05, 4.69) is 25.6 Å². The predicted octanol–water partition coefficient (Wildman–Crippen LogP) is 0.811. The molecule has 25 heavy (non-hydrogen) atoms. The molecule has 3 rings (SSSR count). The predicted molar refractivity (Wildman–Crippen MR) is 93.8 cm³/mol. The number of amides is 2. The number of nitrogens with one attached hydrogen (secondary N) is 2. The fourth-order valence-corrected chi connectivity index (χ4v) is 2.95. The third kappa shape index (κ3) is 4.20. The Morgan fingerprint density at radius 2 is 2.20 bits per heavy atom. The number of aromatic nitrogens is 3. The molecule has 8 nitrogen and oxygen atoms in total. The number of nitrogens with zero attached hydrogens (tertiary/aromatic N) is 4. The maximum absolute atomic E-state index is 12.6. The molecule has 3 heterocycles. The maximum atomic E-state index is 12.6. The molecule has 2 amide bonds. The van der Waals surface area contributed by atoms with Crippen LogP contribution in [0.1, 0.15) is 19.8 Å². The Hall–Kier alpha value is -2.77. The van der Waals surface area contributed by atoms with Crippen molar-refractivity contribution in [1.82, 2.24) is 25.2 Å². The standard InChI is InChI=1S/C17H22N6O2/c1-2-23(17(25)12-5-6-20-15(24)11-12)10-9-19-14-4-3-13-16(22-14)21-8-7-18-13/h3-4,7-8,12H,2,5-6,9-11H2,1H3,(H,20,24)(H,19,21,22). The highest BCUT2D eigenvalue weighted by Gasteiger charge is 2.28. The molecule has 0 saturated carbocycles. The molecule has 132 valence electrons. The van der Waals surface area contributed by atoms with Gasteiger partial charge >= 0.3 is 0 Å². The van der Waals surface area contributed by atoms with E-state index in [9.17, 15) is 9.59 Å². The van der Waals surface area contributed by atoms with Crippen LogP contribution in [-0.4, -0.2) is 57.8 Å². The van der Waals surface area contributed by atoms with Crippen molar-refractivity contribution in [2.24, 2.45) is 5.92 Å². The van der Waals surface area contributed by atoms with Crippen LogP contribution < -0.4 is 10.6 Å². The number of fused-ring (bicyclic) bond motifs is 1. The number of carbonyl (C=O) groups excluding carboxylic acids is 2. The van der Waals surface area contributed by atoms with E-state index in [4.69, 9.17) is 0 Å². The van der Waals surface area contributed by atoms with E-state index in [0.717, 1.165) is 5.52 Å². The summed E-state index contributed by atoms with van der Waals surface area (Å²) in [5, 5.41) is 5.98. The Morgan fingerprint density at radius 3 is 3.00 bits per heavy atom. The lowest BCUT2D eigenvalue weighted by atomic mass is 9.96. The van der Waals surface area contributed by atoms with Crippen LogP contribution in [0.4, 0.5) is 5.82 Å². The van der Waals surface area contributed by atoms with Gasteiger partial charge in [0.1, 0.15) is 11.3 Å². The van der Waals surface area contributed by atoms with Gasteiger partial charge in [-0.05, 0) is 25.5 Å². The minimum atomic E-state index is -0.206. The number of hydrogen-bond donors (Lipinski definition) is 2. The molecule has 1 aliphatic rings. The molecule has 0 aromatic carbocycles. The van der Waals surface area contributed by atoms with Crippen LogP contribution in [0.5, 0.6) is 0 Å². The Kier molecular flexibility index (Phi) is 5.37. The Labute approximate surface area is 146 Å². The smallest absolute Gasteiger partial charge is 0.226 e. The van der Waals surface area contributed by atoms with Crippen molar-refractivity contribution < 1.29 is 9.59 Å². The third-order valence-corrected chi connectivity index (χ3v) is 4.31. The van der Waals surface area contributed by atoms with E-state index in [0.29, 0.717) is 44.1 Å². The maximum Gasteiger partial charge on any atom is 0.226 e. The summed E-state index contributed by atoms with van der Waals surface area (Å²) >= 11 is 0. The molecule has 0 bridgehead atoms. The van der Waals surface area contributed by atoms with Gasteiger partial charge in [0.25, 0.3) is 0 Å². The molecule has 0 radical (unpaired) electrons. The molecule has 2 aromatic rings. The molecule has 8 heteroatoms. The van der Waals surface area contributed by atoms with Crippen LogP contribution >= 0.6 is 0 Å². The molecule has 2 aromatic heterocycles. The number of rotatable bonds is 6. The van der Waals surface area contributed by atoms with Crippen molar-refractivity contribution in [2.45, 2.75) is 19.8 Å². The van der Waals surface area contributed by atoms with Gasteiger partial charge in [-0.3, -0.25) is 14.6 Å². The monoisotopic (exact) mass is 342 g/mol. The van der Waals surface area contributed by atoms with Crippen molar-refractivity contribution in [2.75, 3.05) is 31.5 Å².